The van der Waals surface area contributed by atoms with Gasteiger partial charge in [0.15, 0.2) is 23.1 Å². The first-order valence-electron chi connectivity index (χ1n) is 15.4. The number of carbonyl (C=O) groups is 2. The van der Waals surface area contributed by atoms with Crippen molar-refractivity contribution in [1.82, 2.24) is 4.90 Å². The number of nitro groups is 1. The van der Waals surface area contributed by atoms with Crippen LogP contribution in [0.1, 0.15) is 77.3 Å². The number of allylic oxidation sites excluding steroid dienone is 4. The molecule has 3 aliphatic rings. The van der Waals surface area contributed by atoms with Crippen LogP contribution >= 0.6 is 22.6 Å². The minimum atomic E-state index is -0.514. The van der Waals surface area contributed by atoms with Gasteiger partial charge in [0.05, 0.1) is 21.7 Å². The molecule has 0 bridgehead atoms. The third kappa shape index (κ3) is 6.82. The maximum atomic E-state index is 14.1. The van der Waals surface area contributed by atoms with Crippen LogP contribution in [-0.2, 0) is 20.9 Å². The van der Waals surface area contributed by atoms with E-state index < -0.39 is 10.8 Å². The van der Waals surface area contributed by atoms with Crippen LogP contribution in [0.2, 0.25) is 0 Å². The van der Waals surface area contributed by atoms with E-state index >= 15 is 0 Å². The Bertz CT molecular complexity index is 1550. The van der Waals surface area contributed by atoms with Crippen molar-refractivity contribution in [3.63, 3.8) is 0 Å². The second-order valence-corrected chi connectivity index (χ2v) is 14.8. The quantitative estimate of drug-likeness (QED) is 0.141. The van der Waals surface area contributed by atoms with Gasteiger partial charge in [0, 0.05) is 67.1 Å². The first-order chi connectivity index (χ1) is 21.2. The van der Waals surface area contributed by atoms with Crippen molar-refractivity contribution in [2.24, 2.45) is 10.8 Å². The lowest BCUT2D eigenvalue weighted by Gasteiger charge is -2.49. The predicted molar refractivity (Wildman–Crippen MR) is 179 cm³/mol. The lowest BCUT2D eigenvalue weighted by atomic mass is 9.63. The Balaban J connectivity index is 1.64. The highest BCUT2D eigenvalue weighted by Gasteiger charge is 2.49. The number of hydrogen-bond acceptors (Lipinski definition) is 8. The molecular weight excluding hydrogens is 687 g/mol. The summed E-state index contributed by atoms with van der Waals surface area (Å²) in [6.07, 6.45) is 2.25. The summed E-state index contributed by atoms with van der Waals surface area (Å²) in [5, 5.41) is 11.3. The fraction of sp³-hybridized carbons (Fsp3) is 0.486. The molecule has 0 atom stereocenters. The van der Waals surface area contributed by atoms with Crippen molar-refractivity contribution in [1.29, 1.82) is 0 Å². The van der Waals surface area contributed by atoms with Crippen LogP contribution in [0.3, 0.4) is 0 Å². The first-order valence-corrected chi connectivity index (χ1v) is 16.4. The fourth-order valence-corrected chi connectivity index (χ4v) is 7.69. The van der Waals surface area contributed by atoms with E-state index in [1.54, 1.807) is 19.2 Å². The average Bonchev–Trinajstić information content (AvgIpc) is 2.94. The molecular formula is C35H41IN2O7. The second-order valence-electron chi connectivity index (χ2n) is 13.7. The van der Waals surface area contributed by atoms with E-state index in [1.165, 1.54) is 12.1 Å². The van der Waals surface area contributed by atoms with Gasteiger partial charge in [0.1, 0.15) is 6.61 Å². The Labute approximate surface area is 278 Å². The highest BCUT2D eigenvalue weighted by atomic mass is 127. The number of methoxy groups -OCH3 is 1. The zero-order chi connectivity index (χ0) is 32.7. The van der Waals surface area contributed by atoms with Gasteiger partial charge in [-0.25, -0.2) is 0 Å². The summed E-state index contributed by atoms with van der Waals surface area (Å²) in [7, 11) is 1.67. The molecule has 45 heavy (non-hydrogen) atoms. The standard InChI is InChI=1S/C35H41IN2O7/c1-7-44-29-15-22(14-24(36)33(29)45-20-21-9-8-10-23(13-21)38(41)42)30-31-25(16-34(2,3)18-27(31)39)37(11-12-43-6)26-17-35(4,5)19-28(40)32(26)30/h8-10,13-15,30H,7,11-12,16-20H2,1-6H3. The van der Waals surface area contributed by atoms with E-state index in [0.717, 1.165) is 33.4 Å². The van der Waals surface area contributed by atoms with E-state index in [0.29, 0.717) is 60.8 Å². The summed E-state index contributed by atoms with van der Waals surface area (Å²) in [5.41, 5.74) is 4.41. The summed E-state index contributed by atoms with van der Waals surface area (Å²) in [4.78, 5) is 41.3. The smallest absolute Gasteiger partial charge is 0.269 e. The summed E-state index contributed by atoms with van der Waals surface area (Å²) >= 11 is 2.20. The maximum Gasteiger partial charge on any atom is 0.269 e. The van der Waals surface area contributed by atoms with Gasteiger partial charge in [-0.2, -0.15) is 0 Å². The zero-order valence-electron chi connectivity index (χ0n) is 26.8. The number of ether oxygens (including phenoxy) is 3. The number of hydrogen-bond donors (Lipinski definition) is 0. The Morgan fingerprint density at radius 1 is 0.956 bits per heavy atom. The number of Topliss-reactive ketones (excluding diaryl/α,β-unsaturated/α-hetero) is 2. The van der Waals surface area contributed by atoms with Crippen molar-refractivity contribution in [3.05, 3.63) is 83.7 Å². The van der Waals surface area contributed by atoms with Gasteiger partial charge in [-0.15, -0.1) is 0 Å². The highest BCUT2D eigenvalue weighted by Crippen LogP contribution is 2.55. The summed E-state index contributed by atoms with van der Waals surface area (Å²) in [6.45, 7) is 11.9. The summed E-state index contributed by atoms with van der Waals surface area (Å²) < 4.78 is 18.6. The Kier molecular flexibility index (Phi) is 9.47. The van der Waals surface area contributed by atoms with Crippen LogP contribution in [0.5, 0.6) is 11.5 Å². The number of halogens is 1. The molecule has 10 heteroatoms. The molecule has 0 radical (unpaired) electrons. The fourth-order valence-electron chi connectivity index (χ4n) is 6.91. The van der Waals surface area contributed by atoms with Gasteiger partial charge < -0.3 is 19.1 Å². The highest BCUT2D eigenvalue weighted by molar-refractivity contribution is 14.1. The topological polar surface area (TPSA) is 108 Å². The number of nitro benzene ring substituents is 1. The maximum absolute atomic E-state index is 14.1. The summed E-state index contributed by atoms with van der Waals surface area (Å²) in [6, 6.07) is 10.2. The van der Waals surface area contributed by atoms with Crippen molar-refractivity contribution in [3.8, 4) is 11.5 Å². The SMILES string of the molecule is CCOc1cc(C2C3=C(CC(C)(C)CC3=O)N(CCOC)C3=C2C(=O)CC(C)(C)C3)cc(I)c1OCc1cccc([N+](=O)[O-])c1. The average molecular weight is 729 g/mol. The molecule has 0 amide bonds. The van der Waals surface area contributed by atoms with Crippen LogP contribution < -0.4 is 9.47 Å². The van der Waals surface area contributed by atoms with Crippen LogP contribution in [0.15, 0.2) is 58.9 Å². The van der Waals surface area contributed by atoms with E-state index in [4.69, 9.17) is 14.2 Å². The number of rotatable bonds is 10. The Hall–Kier alpha value is -3.25. The van der Waals surface area contributed by atoms with Gasteiger partial charge in [0.25, 0.3) is 5.69 Å². The minimum absolute atomic E-state index is 0.00294. The third-order valence-electron chi connectivity index (χ3n) is 8.71. The number of benzene rings is 2. The molecule has 0 aromatic heterocycles. The number of nitrogens with zero attached hydrogens (tertiary/aromatic N) is 2. The van der Waals surface area contributed by atoms with Gasteiger partial charge in [-0.3, -0.25) is 19.7 Å². The molecule has 1 heterocycles. The van der Waals surface area contributed by atoms with Crippen molar-refractivity contribution < 1.29 is 28.7 Å². The van der Waals surface area contributed by atoms with Crippen molar-refractivity contribution >= 4 is 39.8 Å². The normalized spacial score (nSPS) is 19.4. The van der Waals surface area contributed by atoms with Gasteiger partial charge in [-0.05, 0) is 76.4 Å². The Morgan fingerprint density at radius 3 is 2.13 bits per heavy atom. The number of non-ortho nitro benzene ring substituents is 1. The third-order valence-corrected chi connectivity index (χ3v) is 9.51. The minimum Gasteiger partial charge on any atom is -0.490 e. The lowest BCUT2D eigenvalue weighted by Crippen LogP contribution is -2.45. The first kappa shape index (κ1) is 33.1. The number of carbonyl (C=O) groups excluding carboxylic acids is 2. The molecule has 2 aromatic carbocycles. The molecule has 0 spiro atoms. The van der Waals surface area contributed by atoms with Gasteiger partial charge in [0.2, 0.25) is 0 Å². The Morgan fingerprint density at radius 2 is 1.58 bits per heavy atom. The van der Waals surface area contributed by atoms with Gasteiger partial charge in [-0.1, -0.05) is 39.8 Å². The van der Waals surface area contributed by atoms with Crippen LogP contribution in [-0.4, -0.2) is 48.3 Å². The van der Waals surface area contributed by atoms with E-state index in [9.17, 15) is 19.7 Å². The molecule has 9 nitrogen and oxygen atoms in total. The van der Waals surface area contributed by atoms with E-state index in [1.807, 2.05) is 19.1 Å². The molecule has 0 fully saturated rings. The molecule has 1 aliphatic heterocycles. The van der Waals surface area contributed by atoms with Crippen molar-refractivity contribution in [2.75, 3.05) is 26.9 Å². The molecule has 2 aliphatic carbocycles. The van der Waals surface area contributed by atoms with E-state index in [-0.39, 0.29) is 34.7 Å². The van der Waals surface area contributed by atoms with Crippen molar-refractivity contribution in [2.45, 2.75) is 72.8 Å². The summed E-state index contributed by atoms with van der Waals surface area (Å²) in [5.74, 6) is 0.636. The van der Waals surface area contributed by atoms with Crippen LogP contribution in [0.25, 0.3) is 0 Å². The largest absolute Gasteiger partial charge is 0.490 e. The molecule has 0 unspecified atom stereocenters. The molecule has 240 valence electrons. The molecule has 0 N–H and O–H groups in total. The van der Waals surface area contributed by atoms with Crippen LogP contribution in [0.4, 0.5) is 5.69 Å². The van der Waals surface area contributed by atoms with Crippen LogP contribution in [0, 0.1) is 24.5 Å². The lowest BCUT2D eigenvalue weighted by molar-refractivity contribution is -0.384. The molecule has 5 rings (SSSR count). The molecule has 0 saturated heterocycles. The van der Waals surface area contributed by atoms with Gasteiger partial charge >= 0.3 is 0 Å². The second kappa shape index (κ2) is 12.9. The molecule has 0 saturated carbocycles. The molecule has 2 aromatic rings. The van der Waals surface area contributed by atoms with E-state index in [2.05, 4.69) is 55.2 Å². The number of ketones is 2. The zero-order valence-corrected chi connectivity index (χ0v) is 29.0. The predicted octanol–water partition coefficient (Wildman–Crippen LogP) is 7.51. The monoisotopic (exact) mass is 728 g/mol.